The Bertz CT molecular complexity index is 604. The van der Waals surface area contributed by atoms with E-state index in [1.165, 1.54) is 19.2 Å². The number of carbonyl (C=O) groups is 2. The van der Waals surface area contributed by atoms with Crippen LogP contribution in [0.1, 0.15) is 22.3 Å². The van der Waals surface area contributed by atoms with Crippen molar-refractivity contribution in [3.63, 3.8) is 0 Å². The fraction of sp³-hybridized carbons (Fsp3) is 0.467. The highest BCUT2D eigenvalue weighted by Crippen LogP contribution is 2.33. The van der Waals surface area contributed by atoms with Gasteiger partial charge in [-0.3, -0.25) is 9.59 Å². The van der Waals surface area contributed by atoms with E-state index >= 15 is 0 Å². The zero-order chi connectivity index (χ0) is 17.2. The molecule has 5 nitrogen and oxygen atoms in total. The lowest BCUT2D eigenvalue weighted by atomic mass is 10.0. The zero-order valence-corrected chi connectivity index (χ0v) is 12.4. The number of hydrogen-bond donors (Lipinski definition) is 2. The number of benzene rings is 1. The maximum Gasteiger partial charge on any atom is 0.417 e. The first kappa shape index (κ1) is 17.3. The quantitative estimate of drug-likeness (QED) is 0.877. The summed E-state index contributed by atoms with van der Waals surface area (Å²) in [4.78, 5) is 24.9. The van der Waals surface area contributed by atoms with Gasteiger partial charge in [-0.15, -0.1) is 0 Å². The summed E-state index contributed by atoms with van der Waals surface area (Å²) in [5.74, 6) is -1.58. The molecule has 1 aliphatic heterocycles. The summed E-state index contributed by atoms with van der Waals surface area (Å²) in [5.41, 5.74) is -1.46. The maximum atomic E-state index is 13.0. The van der Waals surface area contributed by atoms with Crippen LogP contribution in [0.4, 0.5) is 13.2 Å². The summed E-state index contributed by atoms with van der Waals surface area (Å²) in [6, 6.07) is 4.54. The molecule has 1 aromatic rings. The molecule has 1 fully saturated rings. The van der Waals surface area contributed by atoms with Crippen molar-refractivity contribution in [3.8, 4) is 0 Å². The Morgan fingerprint density at radius 3 is 2.57 bits per heavy atom. The Kier molecular flexibility index (Phi) is 4.93. The SMILES string of the molecule is CNC(=O)C[C@@H]1CN(C(=O)c2ccccc2C(F)(F)F)C[C@@H]1O. The van der Waals surface area contributed by atoms with Crippen LogP contribution >= 0.6 is 0 Å². The minimum Gasteiger partial charge on any atom is -0.391 e. The fourth-order valence-electron chi connectivity index (χ4n) is 2.65. The lowest BCUT2D eigenvalue weighted by Gasteiger charge is -2.19. The normalized spacial score (nSPS) is 21.3. The maximum absolute atomic E-state index is 13.0. The lowest BCUT2D eigenvalue weighted by molar-refractivity contribution is -0.138. The monoisotopic (exact) mass is 330 g/mol. The number of nitrogens with zero attached hydrogens (tertiary/aromatic N) is 1. The summed E-state index contributed by atoms with van der Waals surface area (Å²) in [5, 5.41) is 12.3. The van der Waals surface area contributed by atoms with Crippen molar-refractivity contribution < 1.29 is 27.9 Å². The summed E-state index contributed by atoms with van der Waals surface area (Å²) in [6.07, 6.45) is -5.55. The second kappa shape index (κ2) is 6.57. The predicted molar refractivity (Wildman–Crippen MR) is 75.5 cm³/mol. The third-order valence-corrected chi connectivity index (χ3v) is 3.88. The van der Waals surface area contributed by atoms with Gasteiger partial charge in [-0.1, -0.05) is 12.1 Å². The number of rotatable bonds is 3. The molecule has 0 aromatic heterocycles. The van der Waals surface area contributed by atoms with Crippen molar-refractivity contribution in [2.24, 2.45) is 5.92 Å². The smallest absolute Gasteiger partial charge is 0.391 e. The van der Waals surface area contributed by atoms with Gasteiger partial charge in [0.15, 0.2) is 0 Å². The van der Waals surface area contributed by atoms with Crippen LogP contribution in [0.15, 0.2) is 24.3 Å². The third kappa shape index (κ3) is 3.82. The number of amides is 2. The van der Waals surface area contributed by atoms with Gasteiger partial charge in [0.1, 0.15) is 0 Å². The van der Waals surface area contributed by atoms with Gasteiger partial charge in [0.2, 0.25) is 5.91 Å². The molecule has 0 radical (unpaired) electrons. The highest BCUT2D eigenvalue weighted by molar-refractivity contribution is 5.96. The van der Waals surface area contributed by atoms with Crippen LogP contribution in [0, 0.1) is 5.92 Å². The van der Waals surface area contributed by atoms with Crippen molar-refractivity contribution in [2.75, 3.05) is 20.1 Å². The number of alkyl halides is 3. The van der Waals surface area contributed by atoms with Gasteiger partial charge in [0.05, 0.1) is 17.2 Å². The van der Waals surface area contributed by atoms with Gasteiger partial charge in [-0.25, -0.2) is 0 Å². The molecule has 1 aliphatic rings. The molecule has 1 heterocycles. The molecule has 8 heteroatoms. The van der Waals surface area contributed by atoms with Crippen molar-refractivity contribution in [2.45, 2.75) is 18.7 Å². The number of halogens is 3. The topological polar surface area (TPSA) is 69.6 Å². The van der Waals surface area contributed by atoms with E-state index < -0.39 is 35.2 Å². The average molecular weight is 330 g/mol. The average Bonchev–Trinajstić information content (AvgIpc) is 2.86. The molecule has 1 aromatic carbocycles. The molecule has 2 atom stereocenters. The number of carbonyl (C=O) groups excluding carboxylic acids is 2. The van der Waals surface area contributed by atoms with E-state index in [9.17, 15) is 27.9 Å². The molecule has 1 saturated heterocycles. The zero-order valence-electron chi connectivity index (χ0n) is 12.4. The fourth-order valence-corrected chi connectivity index (χ4v) is 2.65. The van der Waals surface area contributed by atoms with E-state index in [1.54, 1.807) is 0 Å². The number of likely N-dealkylation sites (tertiary alicyclic amines) is 1. The summed E-state index contributed by atoms with van der Waals surface area (Å²) in [7, 11) is 1.45. The Hall–Kier alpha value is -2.09. The van der Waals surface area contributed by atoms with Crippen molar-refractivity contribution >= 4 is 11.8 Å². The molecule has 126 valence electrons. The summed E-state index contributed by atoms with van der Waals surface area (Å²) < 4.78 is 39.0. The van der Waals surface area contributed by atoms with E-state index in [-0.39, 0.29) is 25.4 Å². The largest absolute Gasteiger partial charge is 0.417 e. The van der Waals surface area contributed by atoms with Gasteiger partial charge in [0.25, 0.3) is 5.91 Å². The minimum absolute atomic E-state index is 0.0162. The number of aliphatic hydroxyl groups excluding tert-OH is 1. The molecule has 0 aliphatic carbocycles. The highest BCUT2D eigenvalue weighted by atomic mass is 19.4. The summed E-state index contributed by atoms with van der Waals surface area (Å²) >= 11 is 0. The van der Waals surface area contributed by atoms with Crippen LogP contribution in [-0.4, -0.2) is 48.1 Å². The van der Waals surface area contributed by atoms with Gasteiger partial charge in [-0.05, 0) is 12.1 Å². The van der Waals surface area contributed by atoms with Crippen LogP contribution < -0.4 is 5.32 Å². The minimum atomic E-state index is -4.63. The van der Waals surface area contributed by atoms with Crippen LogP contribution in [0.2, 0.25) is 0 Å². The van der Waals surface area contributed by atoms with Crippen LogP contribution in [-0.2, 0) is 11.0 Å². The first-order chi connectivity index (χ1) is 10.7. The van der Waals surface area contributed by atoms with Gasteiger partial charge in [-0.2, -0.15) is 13.2 Å². The standard InChI is InChI=1S/C15H17F3N2O3/c1-19-13(22)6-9-7-20(8-12(9)21)14(23)10-4-2-3-5-11(10)15(16,17)18/h2-5,9,12,21H,6-8H2,1H3,(H,19,22)/t9-,12+/m1/s1. The van der Waals surface area contributed by atoms with Gasteiger partial charge in [0, 0.05) is 32.5 Å². The Morgan fingerprint density at radius 1 is 1.30 bits per heavy atom. The molecular weight excluding hydrogens is 313 g/mol. The number of hydrogen-bond acceptors (Lipinski definition) is 3. The Morgan fingerprint density at radius 2 is 1.96 bits per heavy atom. The third-order valence-electron chi connectivity index (χ3n) is 3.88. The van der Waals surface area contributed by atoms with Crippen LogP contribution in [0.3, 0.4) is 0 Å². The van der Waals surface area contributed by atoms with E-state index in [2.05, 4.69) is 5.32 Å². The van der Waals surface area contributed by atoms with Gasteiger partial charge >= 0.3 is 6.18 Å². The second-order valence-corrected chi connectivity index (χ2v) is 5.46. The van der Waals surface area contributed by atoms with Crippen LogP contribution in [0.5, 0.6) is 0 Å². The van der Waals surface area contributed by atoms with Gasteiger partial charge < -0.3 is 15.3 Å². The second-order valence-electron chi connectivity index (χ2n) is 5.46. The lowest BCUT2D eigenvalue weighted by Crippen LogP contribution is -2.31. The van der Waals surface area contributed by atoms with E-state index in [1.807, 2.05) is 0 Å². The first-order valence-corrected chi connectivity index (χ1v) is 7.08. The van der Waals surface area contributed by atoms with E-state index in [0.29, 0.717) is 0 Å². The molecule has 2 rings (SSSR count). The van der Waals surface area contributed by atoms with Crippen molar-refractivity contribution in [1.29, 1.82) is 0 Å². The first-order valence-electron chi connectivity index (χ1n) is 7.08. The Balaban J connectivity index is 2.18. The highest BCUT2D eigenvalue weighted by Gasteiger charge is 2.39. The molecule has 0 saturated carbocycles. The van der Waals surface area contributed by atoms with Crippen LogP contribution in [0.25, 0.3) is 0 Å². The molecule has 0 unspecified atom stereocenters. The number of aliphatic hydroxyl groups is 1. The molecule has 0 spiro atoms. The number of β-amino-alcohol motifs (C(OH)–C–C–N with tert-alkyl or cyclic N) is 1. The summed E-state index contributed by atoms with van der Waals surface area (Å²) in [6.45, 7) is -0.0493. The molecule has 0 bridgehead atoms. The molecule has 2 amide bonds. The molecule has 23 heavy (non-hydrogen) atoms. The van der Waals surface area contributed by atoms with E-state index in [0.717, 1.165) is 17.0 Å². The Labute approximate surface area is 131 Å². The predicted octanol–water partition coefficient (Wildman–Crippen LogP) is 1.27. The molecule has 2 N–H and O–H groups in total. The molecular formula is C15H17F3N2O3. The van der Waals surface area contributed by atoms with E-state index in [4.69, 9.17) is 0 Å². The van der Waals surface area contributed by atoms with Crippen molar-refractivity contribution in [3.05, 3.63) is 35.4 Å². The van der Waals surface area contributed by atoms with Crippen molar-refractivity contribution in [1.82, 2.24) is 10.2 Å². The number of nitrogens with one attached hydrogen (secondary N) is 1.